The number of hydrogen-bond donors (Lipinski definition) is 2. The SMILES string of the molecule is CCCCC(CC)CNC(=S)NC(=O)C(C)(C)C. The van der Waals surface area contributed by atoms with Gasteiger partial charge in [-0.05, 0) is 24.6 Å². The maximum atomic E-state index is 11.7. The Hall–Kier alpha value is -0.640. The first kappa shape index (κ1) is 17.4. The Morgan fingerprint density at radius 1 is 1.28 bits per heavy atom. The second-order valence-electron chi connectivity index (χ2n) is 5.83. The number of carbonyl (C=O) groups excluding carboxylic acids is 1. The van der Waals surface area contributed by atoms with Gasteiger partial charge in [0.25, 0.3) is 0 Å². The highest BCUT2D eigenvalue weighted by Crippen LogP contribution is 2.13. The topological polar surface area (TPSA) is 41.1 Å². The number of carbonyl (C=O) groups is 1. The molecule has 1 unspecified atom stereocenters. The highest BCUT2D eigenvalue weighted by Gasteiger charge is 2.21. The smallest absolute Gasteiger partial charge is 0.231 e. The lowest BCUT2D eigenvalue weighted by atomic mass is 9.96. The summed E-state index contributed by atoms with van der Waals surface area (Å²) in [5.74, 6) is 0.594. The molecule has 0 saturated heterocycles. The van der Waals surface area contributed by atoms with Crippen molar-refractivity contribution in [2.24, 2.45) is 11.3 Å². The highest BCUT2D eigenvalue weighted by molar-refractivity contribution is 7.80. The Bertz CT molecular complexity index is 271. The monoisotopic (exact) mass is 272 g/mol. The minimum Gasteiger partial charge on any atom is -0.362 e. The van der Waals surface area contributed by atoms with Crippen molar-refractivity contribution in [1.82, 2.24) is 10.6 Å². The molecule has 0 aliphatic carbocycles. The van der Waals surface area contributed by atoms with E-state index >= 15 is 0 Å². The molecule has 0 aromatic carbocycles. The van der Waals surface area contributed by atoms with Crippen LogP contribution in [0, 0.1) is 11.3 Å². The lowest BCUT2D eigenvalue weighted by molar-refractivity contribution is -0.126. The largest absolute Gasteiger partial charge is 0.362 e. The van der Waals surface area contributed by atoms with Gasteiger partial charge in [0.15, 0.2) is 5.11 Å². The van der Waals surface area contributed by atoms with Gasteiger partial charge in [-0.3, -0.25) is 4.79 Å². The van der Waals surface area contributed by atoms with E-state index in [4.69, 9.17) is 12.2 Å². The zero-order valence-electron chi connectivity index (χ0n) is 12.4. The molecule has 0 radical (unpaired) electrons. The van der Waals surface area contributed by atoms with Gasteiger partial charge in [-0.25, -0.2) is 0 Å². The molecule has 0 bridgehead atoms. The van der Waals surface area contributed by atoms with E-state index in [1.165, 1.54) is 19.3 Å². The van der Waals surface area contributed by atoms with Crippen molar-refractivity contribution in [1.29, 1.82) is 0 Å². The van der Waals surface area contributed by atoms with Crippen LogP contribution in [-0.4, -0.2) is 17.6 Å². The maximum Gasteiger partial charge on any atom is 0.231 e. The number of thiocarbonyl (C=S) groups is 1. The van der Waals surface area contributed by atoms with E-state index in [0.29, 0.717) is 11.0 Å². The van der Waals surface area contributed by atoms with Crippen LogP contribution in [0.25, 0.3) is 0 Å². The van der Waals surface area contributed by atoms with E-state index in [9.17, 15) is 4.79 Å². The lowest BCUT2D eigenvalue weighted by Crippen LogP contribution is -2.45. The molecule has 0 saturated carbocycles. The van der Waals surface area contributed by atoms with Crippen molar-refractivity contribution in [3.05, 3.63) is 0 Å². The maximum absolute atomic E-state index is 11.7. The van der Waals surface area contributed by atoms with Gasteiger partial charge in [0.2, 0.25) is 5.91 Å². The molecular formula is C14H28N2OS. The summed E-state index contributed by atoms with van der Waals surface area (Å²) >= 11 is 5.13. The minimum atomic E-state index is -0.405. The van der Waals surface area contributed by atoms with E-state index in [2.05, 4.69) is 24.5 Å². The first-order valence-electron chi connectivity index (χ1n) is 6.90. The molecule has 106 valence electrons. The first-order chi connectivity index (χ1) is 8.31. The number of rotatable bonds is 6. The van der Waals surface area contributed by atoms with Crippen molar-refractivity contribution in [2.45, 2.75) is 60.3 Å². The molecule has 4 heteroatoms. The van der Waals surface area contributed by atoms with E-state index in [1.54, 1.807) is 0 Å². The summed E-state index contributed by atoms with van der Waals surface area (Å²) in [6.45, 7) is 10.9. The fraction of sp³-hybridized carbons (Fsp3) is 0.857. The third kappa shape index (κ3) is 7.64. The lowest BCUT2D eigenvalue weighted by Gasteiger charge is -2.20. The van der Waals surface area contributed by atoms with Crippen LogP contribution in [0.5, 0.6) is 0 Å². The van der Waals surface area contributed by atoms with E-state index < -0.39 is 5.41 Å². The van der Waals surface area contributed by atoms with Crippen LogP contribution in [0.15, 0.2) is 0 Å². The second kappa shape index (κ2) is 8.46. The van der Waals surface area contributed by atoms with Crippen molar-refractivity contribution in [2.75, 3.05) is 6.54 Å². The molecule has 0 aromatic heterocycles. The van der Waals surface area contributed by atoms with Gasteiger partial charge in [0.1, 0.15) is 0 Å². The van der Waals surface area contributed by atoms with E-state index in [1.807, 2.05) is 20.8 Å². The molecule has 3 nitrogen and oxygen atoms in total. The van der Waals surface area contributed by atoms with Crippen LogP contribution in [0.4, 0.5) is 0 Å². The molecule has 0 aliphatic rings. The quantitative estimate of drug-likeness (QED) is 0.729. The molecular weight excluding hydrogens is 244 g/mol. The number of hydrogen-bond acceptors (Lipinski definition) is 2. The van der Waals surface area contributed by atoms with Crippen molar-refractivity contribution in [3.8, 4) is 0 Å². The fourth-order valence-electron chi connectivity index (χ4n) is 1.52. The highest BCUT2D eigenvalue weighted by atomic mass is 32.1. The number of nitrogens with one attached hydrogen (secondary N) is 2. The second-order valence-corrected chi connectivity index (χ2v) is 6.24. The molecule has 0 heterocycles. The summed E-state index contributed by atoms with van der Waals surface area (Å²) in [4.78, 5) is 11.7. The van der Waals surface area contributed by atoms with Crippen molar-refractivity contribution >= 4 is 23.2 Å². The molecule has 0 rings (SSSR count). The molecule has 0 aliphatic heterocycles. The van der Waals surface area contributed by atoms with Gasteiger partial charge in [0, 0.05) is 12.0 Å². The van der Waals surface area contributed by atoms with E-state index in [-0.39, 0.29) is 5.91 Å². The zero-order chi connectivity index (χ0) is 14.2. The Morgan fingerprint density at radius 3 is 2.33 bits per heavy atom. The molecule has 2 N–H and O–H groups in total. The molecule has 1 amide bonds. The third-order valence-electron chi connectivity index (χ3n) is 3.00. The standard InChI is InChI=1S/C14H28N2OS/c1-6-8-9-11(7-2)10-15-13(18)16-12(17)14(3,4)5/h11H,6-10H2,1-5H3,(H2,15,16,17,18). The summed E-state index contributed by atoms with van der Waals surface area (Å²) < 4.78 is 0. The van der Waals surface area contributed by atoms with Crippen LogP contribution in [0.1, 0.15) is 60.3 Å². The molecule has 1 atom stereocenters. The summed E-state index contributed by atoms with van der Waals surface area (Å²) in [6, 6.07) is 0. The Morgan fingerprint density at radius 2 is 1.89 bits per heavy atom. The molecule has 0 aromatic rings. The normalized spacial score (nSPS) is 12.9. The predicted octanol–water partition coefficient (Wildman–Crippen LogP) is 3.24. The average Bonchev–Trinajstić information content (AvgIpc) is 2.28. The molecule has 18 heavy (non-hydrogen) atoms. The van der Waals surface area contributed by atoms with Gasteiger partial charge in [-0.1, -0.05) is 53.9 Å². The average molecular weight is 272 g/mol. The van der Waals surface area contributed by atoms with Gasteiger partial charge in [0.05, 0.1) is 0 Å². The zero-order valence-corrected chi connectivity index (χ0v) is 13.2. The third-order valence-corrected chi connectivity index (χ3v) is 3.25. The fourth-order valence-corrected chi connectivity index (χ4v) is 1.69. The van der Waals surface area contributed by atoms with Gasteiger partial charge in [-0.15, -0.1) is 0 Å². The predicted molar refractivity (Wildman–Crippen MR) is 81.5 cm³/mol. The summed E-state index contributed by atoms with van der Waals surface area (Å²) in [5.41, 5.74) is -0.405. The minimum absolute atomic E-state index is 0.0402. The van der Waals surface area contributed by atoms with Gasteiger partial charge < -0.3 is 10.6 Å². The van der Waals surface area contributed by atoms with Crippen molar-refractivity contribution < 1.29 is 4.79 Å². The van der Waals surface area contributed by atoms with E-state index in [0.717, 1.165) is 13.0 Å². The molecule has 0 spiro atoms. The summed E-state index contributed by atoms with van der Waals surface area (Å²) in [5, 5.41) is 6.33. The van der Waals surface area contributed by atoms with Gasteiger partial charge >= 0.3 is 0 Å². The first-order valence-corrected chi connectivity index (χ1v) is 7.31. The van der Waals surface area contributed by atoms with Crippen LogP contribution in [-0.2, 0) is 4.79 Å². The Labute approximate surface area is 117 Å². The summed E-state index contributed by atoms with van der Waals surface area (Å²) in [7, 11) is 0. The number of unbranched alkanes of at least 4 members (excludes halogenated alkanes) is 1. The van der Waals surface area contributed by atoms with Crippen molar-refractivity contribution in [3.63, 3.8) is 0 Å². The summed E-state index contributed by atoms with van der Waals surface area (Å²) in [6.07, 6.45) is 4.83. The van der Waals surface area contributed by atoms with Gasteiger partial charge in [-0.2, -0.15) is 0 Å². The Kier molecular flexibility index (Phi) is 8.16. The molecule has 0 fully saturated rings. The van der Waals surface area contributed by atoms with Crippen LogP contribution in [0.3, 0.4) is 0 Å². The number of amides is 1. The van der Waals surface area contributed by atoms with Crippen LogP contribution < -0.4 is 10.6 Å². The van der Waals surface area contributed by atoms with Crippen LogP contribution in [0.2, 0.25) is 0 Å². The van der Waals surface area contributed by atoms with Crippen LogP contribution >= 0.6 is 12.2 Å². The Balaban J connectivity index is 3.98.